The largest absolute Gasteiger partial charge is 0.311 e. The Bertz CT molecular complexity index is 676. The second kappa shape index (κ2) is 6.34. The number of nitrogens with one attached hydrogen (secondary N) is 1. The van der Waals surface area contributed by atoms with E-state index in [-0.39, 0.29) is 0 Å². The van der Waals surface area contributed by atoms with Crippen LogP contribution >= 0.6 is 23.1 Å². The third-order valence-corrected chi connectivity index (χ3v) is 4.48. The molecule has 0 unspecified atom stereocenters. The molecular formula is C13H15N5S2. The summed E-state index contributed by atoms with van der Waals surface area (Å²) in [6.45, 7) is 3.99. The smallest absolute Gasteiger partial charge is 0.194 e. The molecule has 0 fully saturated rings. The summed E-state index contributed by atoms with van der Waals surface area (Å²) in [7, 11) is 0. The Kier molecular flexibility index (Phi) is 4.29. The highest BCUT2D eigenvalue weighted by molar-refractivity contribution is 7.99. The number of imidazole rings is 1. The lowest BCUT2D eigenvalue weighted by atomic mass is 10.4. The van der Waals surface area contributed by atoms with Gasteiger partial charge in [0.15, 0.2) is 4.96 Å². The zero-order chi connectivity index (χ0) is 13.8. The highest BCUT2D eigenvalue weighted by Gasteiger charge is 2.14. The molecule has 3 rings (SSSR count). The van der Waals surface area contributed by atoms with Gasteiger partial charge in [-0.3, -0.25) is 9.38 Å². The molecule has 0 radical (unpaired) electrons. The Labute approximate surface area is 125 Å². The number of fused-ring (bicyclic) bond motifs is 1. The Morgan fingerprint density at radius 2 is 2.35 bits per heavy atom. The van der Waals surface area contributed by atoms with E-state index < -0.39 is 0 Å². The fourth-order valence-corrected chi connectivity index (χ4v) is 3.51. The van der Waals surface area contributed by atoms with Crippen molar-refractivity contribution in [1.29, 1.82) is 0 Å². The van der Waals surface area contributed by atoms with Crippen LogP contribution in [0.1, 0.15) is 19.0 Å². The molecule has 3 heterocycles. The van der Waals surface area contributed by atoms with Crippen molar-refractivity contribution in [3.63, 3.8) is 0 Å². The van der Waals surface area contributed by atoms with Gasteiger partial charge in [0.2, 0.25) is 0 Å². The number of rotatable bonds is 6. The Balaban J connectivity index is 1.88. The second-order valence-electron chi connectivity index (χ2n) is 4.24. The minimum atomic E-state index is 0.814. The van der Waals surface area contributed by atoms with Crippen molar-refractivity contribution in [3.8, 4) is 0 Å². The molecule has 0 saturated heterocycles. The number of hydrogen-bond acceptors (Lipinski definition) is 6. The van der Waals surface area contributed by atoms with Crippen molar-refractivity contribution in [3.05, 3.63) is 35.9 Å². The molecule has 0 aliphatic carbocycles. The Morgan fingerprint density at radius 1 is 1.40 bits per heavy atom. The predicted molar refractivity (Wildman–Crippen MR) is 81.2 cm³/mol. The number of nitrogens with zero attached hydrogens (tertiary/aromatic N) is 4. The maximum absolute atomic E-state index is 4.68. The van der Waals surface area contributed by atoms with E-state index >= 15 is 0 Å². The molecule has 0 aromatic carbocycles. The average molecular weight is 305 g/mol. The molecule has 0 aliphatic rings. The van der Waals surface area contributed by atoms with E-state index in [1.54, 1.807) is 41.7 Å². The monoisotopic (exact) mass is 305 g/mol. The molecule has 0 spiro atoms. The third kappa shape index (κ3) is 2.84. The molecular weight excluding hydrogens is 290 g/mol. The van der Waals surface area contributed by atoms with E-state index in [1.807, 2.05) is 0 Å². The van der Waals surface area contributed by atoms with E-state index in [9.17, 15) is 0 Å². The van der Waals surface area contributed by atoms with Gasteiger partial charge in [-0.05, 0) is 24.7 Å². The first-order chi connectivity index (χ1) is 9.88. The highest BCUT2D eigenvalue weighted by atomic mass is 32.2. The van der Waals surface area contributed by atoms with Crippen LogP contribution in [0.15, 0.2) is 40.2 Å². The average Bonchev–Trinajstić information content (AvgIpc) is 3.03. The van der Waals surface area contributed by atoms with Crippen LogP contribution in [0.2, 0.25) is 0 Å². The van der Waals surface area contributed by atoms with Crippen molar-refractivity contribution in [2.45, 2.75) is 29.9 Å². The molecule has 0 atom stereocenters. The maximum atomic E-state index is 4.68. The molecule has 1 N–H and O–H groups in total. The van der Waals surface area contributed by atoms with Crippen LogP contribution in [0.3, 0.4) is 0 Å². The van der Waals surface area contributed by atoms with Gasteiger partial charge < -0.3 is 5.32 Å². The minimum absolute atomic E-state index is 0.814. The quantitative estimate of drug-likeness (QED) is 0.710. The maximum Gasteiger partial charge on any atom is 0.194 e. The van der Waals surface area contributed by atoms with Crippen LogP contribution < -0.4 is 5.32 Å². The summed E-state index contributed by atoms with van der Waals surface area (Å²) < 4.78 is 2.14. The van der Waals surface area contributed by atoms with Gasteiger partial charge in [0, 0.05) is 30.5 Å². The number of thiazole rings is 1. The first kappa shape index (κ1) is 13.5. The van der Waals surface area contributed by atoms with E-state index in [4.69, 9.17) is 0 Å². The molecule has 3 aromatic rings. The minimum Gasteiger partial charge on any atom is -0.311 e. The van der Waals surface area contributed by atoms with Gasteiger partial charge in [-0.25, -0.2) is 9.97 Å². The number of hydrogen-bond donors (Lipinski definition) is 1. The van der Waals surface area contributed by atoms with Gasteiger partial charge >= 0.3 is 0 Å². The molecule has 0 saturated carbocycles. The van der Waals surface area contributed by atoms with Gasteiger partial charge in [-0.2, -0.15) is 0 Å². The highest BCUT2D eigenvalue weighted by Crippen LogP contribution is 2.30. The summed E-state index contributed by atoms with van der Waals surface area (Å²) in [5.41, 5.74) is 1.19. The molecule has 3 aromatic heterocycles. The lowest BCUT2D eigenvalue weighted by molar-refractivity contribution is 0.653. The van der Waals surface area contributed by atoms with E-state index in [2.05, 4.69) is 43.2 Å². The summed E-state index contributed by atoms with van der Waals surface area (Å²) in [5, 5.41) is 7.37. The van der Waals surface area contributed by atoms with Crippen molar-refractivity contribution >= 4 is 28.1 Å². The number of aromatic nitrogens is 4. The summed E-state index contributed by atoms with van der Waals surface area (Å²) in [6.07, 6.45) is 8.34. The zero-order valence-electron chi connectivity index (χ0n) is 11.1. The molecule has 20 heavy (non-hydrogen) atoms. The summed E-state index contributed by atoms with van der Waals surface area (Å²) >= 11 is 3.21. The van der Waals surface area contributed by atoms with E-state index in [0.29, 0.717) is 0 Å². The van der Waals surface area contributed by atoms with Crippen LogP contribution in [-0.2, 0) is 6.54 Å². The van der Waals surface area contributed by atoms with Crippen molar-refractivity contribution in [2.75, 3.05) is 6.54 Å². The van der Waals surface area contributed by atoms with Gasteiger partial charge in [0.1, 0.15) is 10.1 Å². The molecule has 104 valence electrons. The molecule has 7 heteroatoms. The summed E-state index contributed by atoms with van der Waals surface area (Å²) in [6, 6.07) is 0. The van der Waals surface area contributed by atoms with Crippen LogP contribution in [-0.4, -0.2) is 25.9 Å². The van der Waals surface area contributed by atoms with Crippen LogP contribution in [0, 0.1) is 0 Å². The van der Waals surface area contributed by atoms with E-state index in [1.165, 1.54) is 5.69 Å². The van der Waals surface area contributed by atoms with Crippen LogP contribution in [0.25, 0.3) is 4.96 Å². The molecule has 0 amide bonds. The molecule has 0 bridgehead atoms. The Morgan fingerprint density at radius 3 is 3.15 bits per heavy atom. The molecule has 0 aliphatic heterocycles. The van der Waals surface area contributed by atoms with Gasteiger partial charge in [0.05, 0.1) is 11.9 Å². The van der Waals surface area contributed by atoms with E-state index in [0.717, 1.165) is 34.5 Å². The Hall–Kier alpha value is -1.44. The van der Waals surface area contributed by atoms with Crippen molar-refractivity contribution in [2.24, 2.45) is 0 Å². The third-order valence-electron chi connectivity index (χ3n) is 2.78. The van der Waals surface area contributed by atoms with Crippen LogP contribution in [0.5, 0.6) is 0 Å². The fraction of sp³-hybridized carbons (Fsp3) is 0.308. The standard InChI is InChI=1S/C13H15N5S2/c1-2-3-14-8-10-12(17-13-18(10)6-7-19-13)20-11-9-15-4-5-16-11/h4-7,9,14H,2-3,8H2,1H3. The van der Waals surface area contributed by atoms with Gasteiger partial charge in [-0.15, -0.1) is 11.3 Å². The molecule has 5 nitrogen and oxygen atoms in total. The zero-order valence-corrected chi connectivity index (χ0v) is 12.7. The van der Waals surface area contributed by atoms with Crippen molar-refractivity contribution in [1.82, 2.24) is 24.7 Å². The second-order valence-corrected chi connectivity index (χ2v) is 6.12. The fourth-order valence-electron chi connectivity index (χ4n) is 1.88. The SMILES string of the molecule is CCCNCc1c(Sc2cnccn2)nc2sccn12. The first-order valence-corrected chi connectivity index (χ1v) is 8.17. The lowest BCUT2D eigenvalue weighted by Gasteiger charge is -2.04. The van der Waals surface area contributed by atoms with Gasteiger partial charge in [0.25, 0.3) is 0 Å². The first-order valence-electron chi connectivity index (χ1n) is 6.47. The summed E-state index contributed by atoms with van der Waals surface area (Å²) in [5.74, 6) is 0. The van der Waals surface area contributed by atoms with Crippen molar-refractivity contribution < 1.29 is 0 Å². The van der Waals surface area contributed by atoms with Crippen LogP contribution in [0.4, 0.5) is 0 Å². The lowest BCUT2D eigenvalue weighted by Crippen LogP contribution is -2.15. The summed E-state index contributed by atoms with van der Waals surface area (Å²) in [4.78, 5) is 14.1. The predicted octanol–water partition coefficient (Wildman–Crippen LogP) is 2.84. The normalized spacial score (nSPS) is 11.2. The van der Waals surface area contributed by atoms with Gasteiger partial charge in [-0.1, -0.05) is 6.92 Å². The topological polar surface area (TPSA) is 55.1 Å².